The van der Waals surface area contributed by atoms with Crippen molar-refractivity contribution in [1.82, 2.24) is 4.90 Å². The Morgan fingerprint density at radius 2 is 2.14 bits per heavy atom. The number of aliphatic hydroxyl groups is 1. The van der Waals surface area contributed by atoms with Crippen LogP contribution in [0.4, 0.5) is 0 Å². The normalized spacial score (nSPS) is 40.5. The van der Waals surface area contributed by atoms with E-state index in [1.807, 2.05) is 0 Å². The predicted octanol–water partition coefficient (Wildman–Crippen LogP) is 1.19. The molecule has 0 spiro atoms. The van der Waals surface area contributed by atoms with E-state index in [4.69, 9.17) is 14.2 Å². The summed E-state index contributed by atoms with van der Waals surface area (Å²) in [7, 11) is 1.75. The second kappa shape index (κ2) is 4.25. The maximum Gasteiger partial charge on any atom is 0.231 e. The van der Waals surface area contributed by atoms with Crippen molar-refractivity contribution in [2.45, 2.75) is 36.6 Å². The monoisotopic (exact) mass is 301 g/mol. The lowest BCUT2D eigenvalue weighted by Crippen LogP contribution is -2.52. The van der Waals surface area contributed by atoms with Crippen molar-refractivity contribution in [2.24, 2.45) is 0 Å². The van der Waals surface area contributed by atoms with Crippen LogP contribution in [0, 0.1) is 0 Å². The van der Waals surface area contributed by atoms with Crippen LogP contribution in [0.2, 0.25) is 0 Å². The lowest BCUT2D eigenvalue weighted by molar-refractivity contribution is 0.0660. The predicted molar refractivity (Wildman–Crippen MR) is 79.0 cm³/mol. The van der Waals surface area contributed by atoms with E-state index < -0.39 is 6.10 Å². The molecule has 5 heteroatoms. The van der Waals surface area contributed by atoms with Crippen molar-refractivity contribution < 1.29 is 19.3 Å². The van der Waals surface area contributed by atoms with Gasteiger partial charge in [0.1, 0.15) is 0 Å². The van der Waals surface area contributed by atoms with Gasteiger partial charge in [0.05, 0.1) is 17.6 Å². The van der Waals surface area contributed by atoms with E-state index in [-0.39, 0.29) is 24.4 Å². The molecule has 1 aromatic rings. The molecule has 1 aliphatic carbocycles. The smallest absolute Gasteiger partial charge is 0.231 e. The Kier molecular flexibility index (Phi) is 2.50. The van der Waals surface area contributed by atoms with Crippen LogP contribution >= 0.6 is 0 Å². The maximum absolute atomic E-state index is 10.8. The second-order valence-electron chi connectivity index (χ2n) is 6.63. The number of methoxy groups -OCH3 is 1. The molecule has 1 N–H and O–H groups in total. The molecular formula is C17H19NO4. The van der Waals surface area contributed by atoms with E-state index in [1.165, 1.54) is 11.1 Å². The van der Waals surface area contributed by atoms with Gasteiger partial charge in [-0.3, -0.25) is 4.90 Å². The summed E-state index contributed by atoms with van der Waals surface area (Å²) in [6.45, 7) is 1.83. The molecule has 0 saturated carbocycles. The molecule has 1 aromatic carbocycles. The highest BCUT2D eigenvalue weighted by atomic mass is 16.7. The third-order valence-corrected chi connectivity index (χ3v) is 5.73. The quantitative estimate of drug-likeness (QED) is 0.790. The third-order valence-electron chi connectivity index (χ3n) is 5.73. The summed E-state index contributed by atoms with van der Waals surface area (Å²) in [6, 6.07) is 4.44. The van der Waals surface area contributed by atoms with Gasteiger partial charge in [-0.2, -0.15) is 0 Å². The molecule has 116 valence electrons. The van der Waals surface area contributed by atoms with Crippen LogP contribution in [0.5, 0.6) is 11.5 Å². The van der Waals surface area contributed by atoms with Gasteiger partial charge in [-0.15, -0.1) is 0 Å². The largest absolute Gasteiger partial charge is 0.454 e. The van der Waals surface area contributed by atoms with Crippen molar-refractivity contribution in [3.8, 4) is 11.5 Å². The van der Waals surface area contributed by atoms with Crippen LogP contribution < -0.4 is 9.47 Å². The van der Waals surface area contributed by atoms with Crippen LogP contribution in [0.25, 0.3) is 0 Å². The minimum atomic E-state index is -0.395. The Hall–Kier alpha value is -1.56. The van der Waals surface area contributed by atoms with Gasteiger partial charge >= 0.3 is 0 Å². The lowest BCUT2D eigenvalue weighted by atomic mass is 9.65. The zero-order valence-electron chi connectivity index (χ0n) is 12.5. The van der Waals surface area contributed by atoms with E-state index in [2.05, 4.69) is 29.2 Å². The summed E-state index contributed by atoms with van der Waals surface area (Å²) in [6.07, 6.45) is 4.91. The molecule has 0 radical (unpaired) electrons. The van der Waals surface area contributed by atoms with Gasteiger partial charge in [0.15, 0.2) is 11.5 Å². The molecule has 2 unspecified atom stereocenters. The van der Waals surface area contributed by atoms with Crippen LogP contribution in [-0.4, -0.2) is 48.7 Å². The number of nitrogens with zero attached hydrogens (tertiary/aromatic N) is 1. The summed E-state index contributed by atoms with van der Waals surface area (Å²) in [5.74, 6) is 1.61. The standard InChI is InChI=1S/C17H19NO4/c1-20-11-2-3-17-12-6-14-13(21-9-22-14)4-10(12)7-18(8-16(17)19)15(17)5-11/h2-4,6,11,15-16,19H,5,7-9H2,1H3/t11-,15-,16?,17+/m0/s1. The molecule has 5 nitrogen and oxygen atoms in total. The van der Waals surface area contributed by atoms with Crippen LogP contribution in [-0.2, 0) is 16.7 Å². The molecule has 5 atom stereocenters. The highest BCUT2D eigenvalue weighted by Crippen LogP contribution is 2.53. The molecule has 3 heterocycles. The topological polar surface area (TPSA) is 51.2 Å². The SMILES string of the molecule is CO[C@H]1C=C[C@]23c4cc5c(cc4CN(CC2O)[C@H]3C1)OCO5. The van der Waals surface area contributed by atoms with Gasteiger partial charge in [0.25, 0.3) is 0 Å². The van der Waals surface area contributed by atoms with Gasteiger partial charge in [-0.25, -0.2) is 0 Å². The molecule has 0 aromatic heterocycles. The first-order valence-corrected chi connectivity index (χ1v) is 7.79. The van der Waals surface area contributed by atoms with E-state index >= 15 is 0 Å². The molecule has 2 bridgehead atoms. The Morgan fingerprint density at radius 3 is 2.95 bits per heavy atom. The van der Waals surface area contributed by atoms with Crippen molar-refractivity contribution in [2.75, 3.05) is 20.4 Å². The number of benzene rings is 1. The molecule has 1 saturated heterocycles. The number of ether oxygens (including phenoxy) is 3. The Balaban J connectivity index is 1.72. The number of hydrogen-bond acceptors (Lipinski definition) is 5. The van der Waals surface area contributed by atoms with Crippen LogP contribution in [0.15, 0.2) is 24.3 Å². The average molecular weight is 301 g/mol. The highest BCUT2D eigenvalue weighted by Gasteiger charge is 2.58. The molecular weight excluding hydrogens is 282 g/mol. The first-order chi connectivity index (χ1) is 10.7. The first-order valence-electron chi connectivity index (χ1n) is 7.79. The summed E-state index contributed by atoms with van der Waals surface area (Å²) in [5.41, 5.74) is 2.08. The van der Waals surface area contributed by atoms with Crippen LogP contribution in [0.1, 0.15) is 17.5 Å². The number of aliphatic hydroxyl groups excluding tert-OH is 1. The third kappa shape index (κ3) is 1.44. The maximum atomic E-state index is 10.8. The molecule has 0 amide bonds. The van der Waals surface area contributed by atoms with Gasteiger partial charge in [0.2, 0.25) is 6.79 Å². The number of rotatable bonds is 1. The van der Waals surface area contributed by atoms with Crippen molar-refractivity contribution in [1.29, 1.82) is 0 Å². The van der Waals surface area contributed by atoms with Gasteiger partial charge in [0, 0.05) is 26.2 Å². The van der Waals surface area contributed by atoms with Crippen molar-refractivity contribution in [3.05, 3.63) is 35.4 Å². The molecule has 4 aliphatic rings. The summed E-state index contributed by atoms with van der Waals surface area (Å²) < 4.78 is 16.6. The van der Waals surface area contributed by atoms with E-state index in [0.717, 1.165) is 24.5 Å². The Bertz CT molecular complexity index is 673. The number of hydrogen-bond donors (Lipinski definition) is 1. The average Bonchev–Trinajstić information content (AvgIpc) is 3.06. The first kappa shape index (κ1) is 12.9. The minimum absolute atomic E-state index is 0.126. The van der Waals surface area contributed by atoms with Crippen molar-refractivity contribution in [3.63, 3.8) is 0 Å². The summed E-state index contributed by atoms with van der Waals surface area (Å²) in [4.78, 5) is 2.38. The minimum Gasteiger partial charge on any atom is -0.454 e. The molecule has 1 fully saturated rings. The van der Waals surface area contributed by atoms with Gasteiger partial charge in [-0.1, -0.05) is 12.2 Å². The fraction of sp³-hybridized carbons (Fsp3) is 0.529. The summed E-state index contributed by atoms with van der Waals surface area (Å²) in [5, 5.41) is 10.8. The fourth-order valence-corrected chi connectivity index (χ4v) is 4.69. The second-order valence-corrected chi connectivity index (χ2v) is 6.63. The zero-order chi connectivity index (χ0) is 14.9. The highest BCUT2D eigenvalue weighted by molar-refractivity contribution is 5.56. The van der Waals surface area contributed by atoms with E-state index in [1.54, 1.807) is 7.11 Å². The Labute approximate surface area is 129 Å². The van der Waals surface area contributed by atoms with Gasteiger partial charge in [-0.05, 0) is 29.7 Å². The molecule has 22 heavy (non-hydrogen) atoms. The molecule has 5 rings (SSSR count). The number of fused-ring (bicyclic) bond motifs is 2. The van der Waals surface area contributed by atoms with E-state index in [9.17, 15) is 5.11 Å². The zero-order valence-corrected chi connectivity index (χ0v) is 12.5. The van der Waals surface area contributed by atoms with Crippen LogP contribution in [0.3, 0.4) is 0 Å². The van der Waals surface area contributed by atoms with E-state index in [0.29, 0.717) is 6.54 Å². The lowest BCUT2D eigenvalue weighted by Gasteiger charge is -2.46. The van der Waals surface area contributed by atoms with Crippen molar-refractivity contribution >= 4 is 0 Å². The Morgan fingerprint density at radius 1 is 1.32 bits per heavy atom. The van der Waals surface area contributed by atoms with Gasteiger partial charge < -0.3 is 19.3 Å². The fourth-order valence-electron chi connectivity index (χ4n) is 4.69. The summed E-state index contributed by atoms with van der Waals surface area (Å²) >= 11 is 0. The molecule has 3 aliphatic heterocycles.